The lowest BCUT2D eigenvalue weighted by molar-refractivity contribution is -0.384. The molecule has 0 aliphatic rings. The van der Waals surface area contributed by atoms with Gasteiger partial charge in [0.05, 0.1) is 23.4 Å². The van der Waals surface area contributed by atoms with Crippen molar-refractivity contribution in [3.8, 4) is 0 Å². The second kappa shape index (κ2) is 15.4. The van der Waals surface area contributed by atoms with Gasteiger partial charge in [0, 0.05) is 49.7 Å². The molecule has 242 valence electrons. The minimum absolute atomic E-state index is 0.0214. The third kappa shape index (κ3) is 8.56. The predicted molar refractivity (Wildman–Crippen MR) is 186 cm³/mol. The maximum atomic E-state index is 14.6. The molecule has 0 fully saturated rings. The van der Waals surface area contributed by atoms with E-state index in [0.29, 0.717) is 30.4 Å². The highest BCUT2D eigenvalue weighted by atomic mass is 32.1. The lowest BCUT2D eigenvalue weighted by Gasteiger charge is -2.33. The molecule has 47 heavy (non-hydrogen) atoms. The van der Waals surface area contributed by atoms with Crippen molar-refractivity contribution in [2.45, 2.75) is 45.8 Å². The fourth-order valence-electron chi connectivity index (χ4n) is 5.48. The Hall–Kier alpha value is -5.16. The van der Waals surface area contributed by atoms with Gasteiger partial charge in [0.1, 0.15) is 5.82 Å². The molecule has 2 N–H and O–H groups in total. The molecule has 0 unspecified atom stereocenters. The van der Waals surface area contributed by atoms with Crippen LogP contribution in [0.2, 0.25) is 0 Å². The molecule has 9 nitrogen and oxygen atoms in total. The van der Waals surface area contributed by atoms with E-state index in [1.54, 1.807) is 42.9 Å². The summed E-state index contributed by atoms with van der Waals surface area (Å²) in [7, 11) is 0. The van der Waals surface area contributed by atoms with Crippen LogP contribution >= 0.6 is 12.2 Å². The first kappa shape index (κ1) is 33.2. The number of nitrogens with one attached hydrogen (secondary N) is 2. The van der Waals surface area contributed by atoms with Crippen molar-refractivity contribution in [2.24, 2.45) is 5.92 Å². The first-order chi connectivity index (χ1) is 22.7. The molecule has 11 heteroatoms. The van der Waals surface area contributed by atoms with Crippen molar-refractivity contribution in [1.82, 2.24) is 19.8 Å². The van der Waals surface area contributed by atoms with E-state index in [1.807, 2.05) is 27.7 Å². The molecule has 0 bridgehead atoms. The highest BCUT2D eigenvalue weighted by Crippen LogP contribution is 2.23. The molecule has 0 aliphatic carbocycles. The van der Waals surface area contributed by atoms with Gasteiger partial charge in [-0.3, -0.25) is 14.9 Å². The summed E-state index contributed by atoms with van der Waals surface area (Å²) in [5.74, 6) is -0.467. The number of carbonyl (C=O) groups excluding carboxylic acids is 1. The Labute approximate surface area is 278 Å². The number of nitro benzene ring substituents is 1. The standard InChI is InChI=1S/C36H37FN6O3S/c1-3-25(2)34(39-35(44)19-30-20-38-24-42(30)21-26-15-17-29(18-16-26)43(45)46)23-41(36(47)40-33-14-7-6-13-32(33)37)22-28-11-8-10-27-9-4-5-12-31(27)28/h4-18,20,24-25,34H,3,19,21-23H2,1-2H3,(H,39,44)(H,40,47)/t25-,34+/m0/s1. The summed E-state index contributed by atoms with van der Waals surface area (Å²) in [6.07, 6.45) is 4.22. The molecule has 5 rings (SSSR count). The first-order valence-corrected chi connectivity index (χ1v) is 15.9. The van der Waals surface area contributed by atoms with Crippen LogP contribution in [0, 0.1) is 21.8 Å². The van der Waals surface area contributed by atoms with Gasteiger partial charge >= 0.3 is 0 Å². The molecule has 0 aliphatic heterocycles. The molecule has 2 atom stereocenters. The number of halogens is 1. The number of anilines is 1. The lowest BCUT2D eigenvalue weighted by Crippen LogP contribution is -2.50. The molecule has 0 saturated carbocycles. The molecule has 0 saturated heterocycles. The zero-order valence-corrected chi connectivity index (χ0v) is 27.1. The Morgan fingerprint density at radius 2 is 1.77 bits per heavy atom. The van der Waals surface area contributed by atoms with Crippen molar-refractivity contribution >= 4 is 45.4 Å². The van der Waals surface area contributed by atoms with Gasteiger partial charge in [-0.05, 0) is 52.2 Å². The maximum absolute atomic E-state index is 14.6. The Bertz CT molecular complexity index is 1860. The summed E-state index contributed by atoms with van der Waals surface area (Å²) < 4.78 is 16.5. The number of thiocarbonyl (C=S) groups is 1. The van der Waals surface area contributed by atoms with E-state index in [9.17, 15) is 19.3 Å². The van der Waals surface area contributed by atoms with E-state index in [0.717, 1.165) is 28.3 Å². The smallest absolute Gasteiger partial charge is 0.269 e. The normalized spacial score (nSPS) is 12.3. The number of nitrogens with zero attached hydrogens (tertiary/aromatic N) is 4. The minimum Gasteiger partial charge on any atom is -0.351 e. The number of benzene rings is 4. The highest BCUT2D eigenvalue weighted by Gasteiger charge is 2.25. The van der Waals surface area contributed by atoms with Gasteiger partial charge in [0.15, 0.2) is 5.11 Å². The molecular formula is C36H37FN6O3S. The number of amides is 1. The van der Waals surface area contributed by atoms with Crippen LogP contribution in [0.4, 0.5) is 15.8 Å². The molecule has 1 amide bonds. The molecule has 0 radical (unpaired) electrons. The fraction of sp³-hybridized carbons (Fsp3) is 0.250. The average molecular weight is 653 g/mol. The number of aromatic nitrogens is 2. The van der Waals surface area contributed by atoms with Gasteiger partial charge in [-0.15, -0.1) is 0 Å². The summed E-state index contributed by atoms with van der Waals surface area (Å²) in [5.41, 5.74) is 2.94. The molecule has 4 aromatic carbocycles. The number of hydrogen-bond donors (Lipinski definition) is 2. The van der Waals surface area contributed by atoms with Crippen molar-refractivity contribution in [2.75, 3.05) is 11.9 Å². The predicted octanol–water partition coefficient (Wildman–Crippen LogP) is 7.10. The average Bonchev–Trinajstić information content (AvgIpc) is 3.50. The number of hydrogen-bond acceptors (Lipinski definition) is 5. The summed E-state index contributed by atoms with van der Waals surface area (Å²) >= 11 is 5.88. The molecule has 1 aromatic heterocycles. The third-order valence-corrected chi connectivity index (χ3v) is 8.74. The van der Waals surface area contributed by atoms with E-state index in [2.05, 4.69) is 53.7 Å². The van der Waals surface area contributed by atoms with Crippen LogP contribution in [0.5, 0.6) is 0 Å². The summed E-state index contributed by atoms with van der Waals surface area (Å²) in [6.45, 7) is 5.43. The number of nitro groups is 1. The van der Waals surface area contributed by atoms with Crippen LogP contribution in [-0.2, 0) is 24.3 Å². The van der Waals surface area contributed by atoms with Crippen LogP contribution in [0.1, 0.15) is 37.1 Å². The molecule has 5 aromatic rings. The van der Waals surface area contributed by atoms with E-state index in [1.165, 1.54) is 18.2 Å². The number of carbonyl (C=O) groups is 1. The van der Waals surface area contributed by atoms with Crippen LogP contribution in [-0.4, -0.2) is 43.0 Å². The van der Waals surface area contributed by atoms with E-state index in [-0.39, 0.29) is 35.7 Å². The second-order valence-corrected chi connectivity index (χ2v) is 12.0. The van der Waals surface area contributed by atoms with Gasteiger partial charge in [-0.1, -0.05) is 87.0 Å². The van der Waals surface area contributed by atoms with E-state index < -0.39 is 10.7 Å². The zero-order chi connectivity index (χ0) is 33.3. The zero-order valence-electron chi connectivity index (χ0n) is 26.3. The van der Waals surface area contributed by atoms with Gasteiger partial charge in [0.25, 0.3) is 5.69 Å². The fourth-order valence-corrected chi connectivity index (χ4v) is 5.73. The van der Waals surface area contributed by atoms with Crippen molar-refractivity contribution in [3.05, 3.63) is 136 Å². The van der Waals surface area contributed by atoms with Gasteiger partial charge in [-0.2, -0.15) is 0 Å². The van der Waals surface area contributed by atoms with Gasteiger partial charge in [-0.25, -0.2) is 9.37 Å². The maximum Gasteiger partial charge on any atom is 0.269 e. The second-order valence-electron chi connectivity index (χ2n) is 11.6. The largest absolute Gasteiger partial charge is 0.351 e. The molecule has 0 spiro atoms. The summed E-state index contributed by atoms with van der Waals surface area (Å²) in [5, 5.41) is 19.9. The summed E-state index contributed by atoms with van der Waals surface area (Å²) in [4.78, 5) is 30.4. The summed E-state index contributed by atoms with van der Waals surface area (Å²) in [6, 6.07) is 26.7. The van der Waals surface area contributed by atoms with Crippen molar-refractivity contribution in [1.29, 1.82) is 0 Å². The highest BCUT2D eigenvalue weighted by molar-refractivity contribution is 7.80. The number of imidazole rings is 1. The van der Waals surface area contributed by atoms with Crippen molar-refractivity contribution in [3.63, 3.8) is 0 Å². The Balaban J connectivity index is 1.34. The van der Waals surface area contributed by atoms with E-state index >= 15 is 0 Å². The monoisotopic (exact) mass is 652 g/mol. The van der Waals surface area contributed by atoms with Crippen molar-refractivity contribution < 1.29 is 14.1 Å². The number of para-hydroxylation sites is 1. The van der Waals surface area contributed by atoms with Gasteiger partial charge in [0.2, 0.25) is 5.91 Å². The third-order valence-electron chi connectivity index (χ3n) is 8.38. The Morgan fingerprint density at radius 1 is 1.04 bits per heavy atom. The molecule has 1 heterocycles. The number of rotatable bonds is 13. The van der Waals surface area contributed by atoms with Gasteiger partial charge < -0.3 is 20.1 Å². The quantitative estimate of drug-likeness (QED) is 0.0794. The molecular weight excluding hydrogens is 616 g/mol. The lowest BCUT2D eigenvalue weighted by atomic mass is 9.97. The Kier molecular flexibility index (Phi) is 10.9. The van der Waals surface area contributed by atoms with Crippen LogP contribution < -0.4 is 10.6 Å². The number of non-ortho nitro benzene ring substituents is 1. The van der Waals surface area contributed by atoms with Crippen LogP contribution in [0.15, 0.2) is 104 Å². The first-order valence-electron chi connectivity index (χ1n) is 15.5. The topological polar surface area (TPSA) is 105 Å². The minimum atomic E-state index is -0.434. The van der Waals surface area contributed by atoms with Crippen LogP contribution in [0.25, 0.3) is 10.8 Å². The Morgan fingerprint density at radius 3 is 2.51 bits per heavy atom. The van der Waals surface area contributed by atoms with E-state index in [4.69, 9.17) is 12.2 Å². The number of fused-ring (bicyclic) bond motifs is 1. The van der Waals surface area contributed by atoms with Crippen LogP contribution in [0.3, 0.4) is 0 Å². The SMILES string of the molecule is CC[C@H](C)[C@@H](CN(Cc1cccc2ccccc12)C(=S)Nc1ccccc1F)NC(=O)Cc1cncn1Cc1ccc([N+](=O)[O-])cc1.